The Morgan fingerprint density at radius 3 is 1.11 bits per heavy atom. The van der Waals surface area contributed by atoms with Gasteiger partial charge in [0.2, 0.25) is 0 Å². The van der Waals surface area contributed by atoms with Crippen molar-refractivity contribution in [2.24, 2.45) is 0 Å². The predicted octanol–water partition coefficient (Wildman–Crippen LogP) is 12.2. The normalized spacial score (nSPS) is 11.1. The number of aromatic nitrogens is 6. The van der Waals surface area contributed by atoms with Crippen molar-refractivity contribution >= 4 is 51.4 Å². The van der Waals surface area contributed by atoms with E-state index in [1.807, 2.05) is 187 Å². The number of hydrogen-bond acceptors (Lipinski definition) is 7. The first kappa shape index (κ1) is 40.5. The fraction of sp³-hybridized carbons (Fsp3) is 0.0417. The molecular weight excluding hydrogens is 955 g/mol. The molecule has 0 amide bonds. The van der Waals surface area contributed by atoms with E-state index >= 15 is 0 Å². The largest absolute Gasteiger partial charge is 2.00 e. The third kappa shape index (κ3) is 8.71. The fourth-order valence-electron chi connectivity index (χ4n) is 6.87. The maximum Gasteiger partial charge on any atom is 2.00 e. The van der Waals surface area contributed by atoms with Crippen LogP contribution in [-0.4, -0.2) is 29.5 Å². The van der Waals surface area contributed by atoms with E-state index in [2.05, 4.69) is 27.5 Å². The molecule has 9 rings (SSSR count). The third-order valence-electron chi connectivity index (χ3n) is 9.52. The quantitative estimate of drug-likeness (QED) is 0.120. The first-order valence-corrected chi connectivity index (χ1v) is 19.0. The molecule has 61 heavy (non-hydrogen) atoms. The summed E-state index contributed by atoms with van der Waals surface area (Å²) in [6, 6.07) is 59.0. The molecule has 9 nitrogen and oxygen atoms in total. The maximum absolute atomic E-state index is 14.0. The molecule has 0 aliphatic rings. The fourth-order valence-corrected chi connectivity index (χ4v) is 6.87. The Labute approximate surface area is 364 Å². The SMILES string of the molecule is Cc1c[c-]n(-c2cc(N(c3ccccc3)c3ccccc3)cc(N(c3ccccc3)c3cc(N(c4ccccc4)c4ccccc4)cc(-n4[c-]cc(C(F)(F)F)n4)n3)n2)n1.[Pt+2]. The number of alkyl halides is 3. The molecule has 0 atom stereocenters. The van der Waals surface area contributed by atoms with Gasteiger partial charge in [-0.25, -0.2) is 0 Å². The van der Waals surface area contributed by atoms with Crippen LogP contribution in [0.15, 0.2) is 188 Å². The number of pyridine rings is 2. The van der Waals surface area contributed by atoms with E-state index in [4.69, 9.17) is 9.97 Å². The standard InChI is InChI=1S/C48H34F3N9.Pt/c1-35-27-29-56(54-35)44-31-41(58(36-17-7-2-8-18-36)37-19-9-3-10-20-37)33-46(52-44)60(40-25-15-6-16-26-40)47-34-42(32-45(53-47)57-30-28-43(55-57)48(49,50)51)59(38-21-11-4-12-22-38)39-23-13-5-14-24-39;/h2-28,31-34H,1H3;/q-2;+2. The van der Waals surface area contributed by atoms with Crippen LogP contribution in [0.5, 0.6) is 0 Å². The number of nitrogens with zero attached hydrogens (tertiary/aromatic N) is 9. The molecule has 0 saturated heterocycles. The van der Waals surface area contributed by atoms with Crippen LogP contribution in [0, 0.1) is 19.3 Å². The van der Waals surface area contributed by atoms with Crippen molar-refractivity contribution in [1.82, 2.24) is 29.5 Å². The molecule has 5 aromatic carbocycles. The Hall–Kier alpha value is -7.30. The zero-order valence-electron chi connectivity index (χ0n) is 32.4. The Morgan fingerprint density at radius 1 is 0.443 bits per heavy atom. The van der Waals surface area contributed by atoms with Gasteiger partial charge in [-0.3, -0.25) is 25.1 Å². The van der Waals surface area contributed by atoms with Gasteiger partial charge in [-0.15, -0.1) is 12.1 Å². The van der Waals surface area contributed by atoms with Crippen LogP contribution in [-0.2, 0) is 27.2 Å². The van der Waals surface area contributed by atoms with Gasteiger partial charge >= 0.3 is 27.2 Å². The second-order valence-corrected chi connectivity index (χ2v) is 13.7. The van der Waals surface area contributed by atoms with Crippen molar-refractivity contribution in [2.75, 3.05) is 14.7 Å². The van der Waals surface area contributed by atoms with Crippen LogP contribution in [0.2, 0.25) is 0 Å². The molecule has 0 fully saturated rings. The van der Waals surface area contributed by atoms with Crippen LogP contribution in [0.4, 0.5) is 64.6 Å². The van der Waals surface area contributed by atoms with Crippen molar-refractivity contribution in [1.29, 1.82) is 0 Å². The first-order chi connectivity index (χ1) is 29.3. The zero-order valence-corrected chi connectivity index (χ0v) is 34.6. The van der Waals surface area contributed by atoms with Crippen LogP contribution in [0.3, 0.4) is 0 Å². The van der Waals surface area contributed by atoms with E-state index in [1.165, 1.54) is 0 Å². The van der Waals surface area contributed by atoms with E-state index < -0.39 is 11.9 Å². The minimum Gasteiger partial charge on any atom is -0.343 e. The summed E-state index contributed by atoms with van der Waals surface area (Å²) in [5.41, 5.74) is 5.10. The van der Waals surface area contributed by atoms with Gasteiger partial charge in [0, 0.05) is 51.9 Å². The monoisotopic (exact) mass is 988 g/mol. The van der Waals surface area contributed by atoms with Crippen molar-refractivity contribution < 1.29 is 34.2 Å². The molecule has 0 unspecified atom stereocenters. The zero-order chi connectivity index (χ0) is 41.1. The number of aryl methyl sites for hydroxylation is 1. The van der Waals surface area contributed by atoms with Crippen molar-refractivity contribution in [3.63, 3.8) is 0 Å². The van der Waals surface area contributed by atoms with Crippen molar-refractivity contribution in [3.8, 4) is 11.6 Å². The molecular formula is C48H34F3N9Pt. The number of benzene rings is 5. The van der Waals surface area contributed by atoms with E-state index in [-0.39, 0.29) is 26.9 Å². The number of hydrogen-bond donors (Lipinski definition) is 0. The summed E-state index contributed by atoms with van der Waals surface area (Å²) in [4.78, 5) is 16.2. The summed E-state index contributed by atoms with van der Waals surface area (Å²) >= 11 is 0. The first-order valence-electron chi connectivity index (χ1n) is 19.0. The molecule has 4 aromatic heterocycles. The molecule has 0 spiro atoms. The minimum absolute atomic E-state index is 0. The molecule has 0 bridgehead atoms. The van der Waals surface area contributed by atoms with E-state index in [0.29, 0.717) is 28.8 Å². The van der Waals surface area contributed by atoms with Crippen molar-refractivity contribution in [2.45, 2.75) is 13.1 Å². The van der Waals surface area contributed by atoms with Gasteiger partial charge in [0.15, 0.2) is 0 Å². The molecule has 0 radical (unpaired) electrons. The van der Waals surface area contributed by atoms with Gasteiger partial charge in [-0.2, -0.15) is 13.2 Å². The van der Waals surface area contributed by atoms with Crippen molar-refractivity contribution in [3.05, 3.63) is 212 Å². The molecule has 0 aliphatic heterocycles. The van der Waals surface area contributed by atoms with Crippen LogP contribution in [0.25, 0.3) is 11.6 Å². The third-order valence-corrected chi connectivity index (χ3v) is 9.52. The summed E-state index contributed by atoms with van der Waals surface area (Å²) in [6.07, 6.45) is 1.17. The number of anilines is 9. The molecule has 0 N–H and O–H groups in total. The average Bonchev–Trinajstić information content (AvgIpc) is 3.97. The molecule has 0 saturated carbocycles. The van der Waals surface area contributed by atoms with E-state index in [1.54, 1.807) is 16.8 Å². The Bertz CT molecular complexity index is 2760. The second kappa shape index (κ2) is 17.5. The summed E-state index contributed by atoms with van der Waals surface area (Å²) in [6.45, 7) is 1.88. The number of rotatable bonds is 11. The molecule has 4 heterocycles. The Kier molecular flexibility index (Phi) is 11.6. The van der Waals surface area contributed by atoms with E-state index in [9.17, 15) is 13.2 Å². The molecule has 0 aliphatic carbocycles. The van der Waals surface area contributed by atoms with Gasteiger partial charge < -0.3 is 19.2 Å². The number of para-hydroxylation sites is 5. The molecule has 13 heteroatoms. The predicted molar refractivity (Wildman–Crippen MR) is 228 cm³/mol. The van der Waals surface area contributed by atoms with Gasteiger partial charge in [0.1, 0.15) is 11.6 Å². The summed E-state index contributed by atoms with van der Waals surface area (Å²) < 4.78 is 44.6. The maximum atomic E-state index is 14.0. The second-order valence-electron chi connectivity index (χ2n) is 13.7. The summed E-state index contributed by atoms with van der Waals surface area (Å²) in [5.74, 6) is 1.34. The van der Waals surface area contributed by atoms with Crippen LogP contribution in [0.1, 0.15) is 11.4 Å². The Morgan fingerprint density at radius 2 is 0.787 bits per heavy atom. The Balaban J connectivity index is 0.00000514. The van der Waals surface area contributed by atoms with Gasteiger partial charge in [-0.1, -0.05) is 110 Å². The summed E-state index contributed by atoms with van der Waals surface area (Å²) in [5, 5.41) is 8.59. The molecule has 302 valence electrons. The average molecular weight is 989 g/mol. The van der Waals surface area contributed by atoms with Gasteiger partial charge in [0.25, 0.3) is 0 Å². The topological polar surface area (TPSA) is 71.1 Å². The van der Waals surface area contributed by atoms with E-state index in [0.717, 1.165) is 44.9 Å². The minimum atomic E-state index is -4.69. The van der Waals surface area contributed by atoms with Gasteiger partial charge in [0.05, 0.1) is 17.3 Å². The molecule has 9 aromatic rings. The summed E-state index contributed by atoms with van der Waals surface area (Å²) in [7, 11) is 0. The smallest absolute Gasteiger partial charge is 0.343 e. The van der Waals surface area contributed by atoms with Crippen LogP contribution >= 0.6 is 0 Å². The van der Waals surface area contributed by atoms with Gasteiger partial charge in [-0.05, 0) is 78.5 Å². The number of halogens is 3. The van der Waals surface area contributed by atoms with Crippen LogP contribution < -0.4 is 14.7 Å².